The largest absolute Gasteiger partial charge is 0.466 e. The zero-order chi connectivity index (χ0) is 9.40. The van der Waals surface area contributed by atoms with Crippen molar-refractivity contribution in [2.45, 2.75) is 26.4 Å². The molecule has 0 aliphatic heterocycles. The van der Waals surface area contributed by atoms with Crippen molar-refractivity contribution in [3.8, 4) is 0 Å². The Labute approximate surface area is 72.8 Å². The SMILES string of the molecule is COCOC(C)CCOC(C)=O. The highest BCUT2D eigenvalue weighted by Gasteiger charge is 2.02. The van der Waals surface area contributed by atoms with Crippen LogP contribution < -0.4 is 0 Å². The van der Waals surface area contributed by atoms with Crippen molar-refractivity contribution in [3.63, 3.8) is 0 Å². The molecule has 0 rings (SSSR count). The van der Waals surface area contributed by atoms with E-state index in [1.807, 2.05) is 6.92 Å². The molecule has 0 amide bonds. The van der Waals surface area contributed by atoms with E-state index in [1.54, 1.807) is 7.11 Å². The van der Waals surface area contributed by atoms with Gasteiger partial charge in [0.25, 0.3) is 0 Å². The van der Waals surface area contributed by atoms with Gasteiger partial charge in [-0.1, -0.05) is 0 Å². The van der Waals surface area contributed by atoms with Gasteiger partial charge in [-0.25, -0.2) is 0 Å². The van der Waals surface area contributed by atoms with Crippen LogP contribution in [0, 0.1) is 0 Å². The molecule has 0 fully saturated rings. The molecule has 0 saturated carbocycles. The van der Waals surface area contributed by atoms with E-state index in [0.717, 1.165) is 0 Å². The van der Waals surface area contributed by atoms with Crippen LogP contribution in [0.15, 0.2) is 0 Å². The maximum Gasteiger partial charge on any atom is 0.302 e. The first-order valence-corrected chi connectivity index (χ1v) is 3.90. The summed E-state index contributed by atoms with van der Waals surface area (Å²) in [5.41, 5.74) is 0. The van der Waals surface area contributed by atoms with E-state index in [9.17, 15) is 4.79 Å². The van der Waals surface area contributed by atoms with E-state index in [4.69, 9.17) is 14.2 Å². The predicted octanol–water partition coefficient (Wildman–Crippen LogP) is 0.949. The van der Waals surface area contributed by atoms with Gasteiger partial charge in [0.1, 0.15) is 6.79 Å². The molecule has 72 valence electrons. The van der Waals surface area contributed by atoms with Crippen molar-refractivity contribution in [1.82, 2.24) is 0 Å². The molecule has 0 spiro atoms. The molecule has 0 aromatic rings. The van der Waals surface area contributed by atoms with E-state index in [-0.39, 0.29) is 18.9 Å². The maximum atomic E-state index is 10.4. The molecule has 1 unspecified atom stereocenters. The average molecular weight is 176 g/mol. The lowest BCUT2D eigenvalue weighted by Crippen LogP contribution is -2.14. The van der Waals surface area contributed by atoms with Gasteiger partial charge in [-0.3, -0.25) is 4.79 Å². The maximum absolute atomic E-state index is 10.4. The lowest BCUT2D eigenvalue weighted by atomic mass is 10.3. The summed E-state index contributed by atoms with van der Waals surface area (Å²) in [4.78, 5) is 10.4. The first-order valence-electron chi connectivity index (χ1n) is 3.90. The van der Waals surface area contributed by atoms with Gasteiger partial charge < -0.3 is 14.2 Å². The van der Waals surface area contributed by atoms with Crippen molar-refractivity contribution < 1.29 is 19.0 Å². The van der Waals surface area contributed by atoms with Crippen molar-refractivity contribution in [2.24, 2.45) is 0 Å². The second kappa shape index (κ2) is 7.06. The highest BCUT2D eigenvalue weighted by Crippen LogP contribution is 1.97. The van der Waals surface area contributed by atoms with Gasteiger partial charge in [0.2, 0.25) is 0 Å². The third-order valence-corrected chi connectivity index (χ3v) is 1.30. The molecular weight excluding hydrogens is 160 g/mol. The lowest BCUT2D eigenvalue weighted by molar-refractivity contribution is -0.142. The molecule has 0 N–H and O–H groups in total. The summed E-state index contributed by atoms with van der Waals surface area (Å²) in [7, 11) is 1.57. The second-order valence-corrected chi connectivity index (χ2v) is 2.51. The highest BCUT2D eigenvalue weighted by molar-refractivity contribution is 5.65. The number of carbonyl (C=O) groups excluding carboxylic acids is 1. The Hall–Kier alpha value is -0.610. The Morgan fingerprint density at radius 1 is 1.50 bits per heavy atom. The number of ether oxygens (including phenoxy) is 3. The quantitative estimate of drug-likeness (QED) is 0.446. The van der Waals surface area contributed by atoms with Crippen LogP contribution in [0.1, 0.15) is 20.3 Å². The molecule has 0 aromatic carbocycles. The molecule has 0 bridgehead atoms. The van der Waals surface area contributed by atoms with Crippen LogP contribution in [0.4, 0.5) is 0 Å². The molecule has 0 aliphatic carbocycles. The number of esters is 1. The van der Waals surface area contributed by atoms with Crippen molar-refractivity contribution in [1.29, 1.82) is 0 Å². The van der Waals surface area contributed by atoms with Crippen LogP contribution in [-0.2, 0) is 19.0 Å². The van der Waals surface area contributed by atoms with E-state index in [1.165, 1.54) is 6.92 Å². The fraction of sp³-hybridized carbons (Fsp3) is 0.875. The zero-order valence-corrected chi connectivity index (χ0v) is 7.83. The molecule has 12 heavy (non-hydrogen) atoms. The van der Waals surface area contributed by atoms with Crippen molar-refractivity contribution in [3.05, 3.63) is 0 Å². The van der Waals surface area contributed by atoms with Crippen LogP contribution in [0.2, 0.25) is 0 Å². The minimum absolute atomic E-state index is 0.0595. The van der Waals surface area contributed by atoms with Gasteiger partial charge in [0, 0.05) is 20.5 Å². The summed E-state index contributed by atoms with van der Waals surface area (Å²) in [5.74, 6) is -0.256. The summed E-state index contributed by atoms with van der Waals surface area (Å²) in [6, 6.07) is 0. The predicted molar refractivity (Wildman–Crippen MR) is 43.7 cm³/mol. The van der Waals surface area contributed by atoms with Gasteiger partial charge in [0.05, 0.1) is 12.7 Å². The molecule has 0 aromatic heterocycles. The number of rotatable bonds is 6. The Kier molecular flexibility index (Phi) is 6.70. The minimum Gasteiger partial charge on any atom is -0.466 e. The summed E-state index contributed by atoms with van der Waals surface area (Å²) in [5, 5.41) is 0. The van der Waals surface area contributed by atoms with Crippen LogP contribution in [0.3, 0.4) is 0 Å². The standard InChI is InChI=1S/C8H16O4/c1-7(12-6-10-3)4-5-11-8(2)9/h7H,4-6H2,1-3H3. The molecule has 0 radical (unpaired) electrons. The molecule has 4 nitrogen and oxygen atoms in total. The van der Waals surface area contributed by atoms with Crippen molar-refractivity contribution in [2.75, 3.05) is 20.5 Å². The first-order chi connectivity index (χ1) is 5.66. The van der Waals surface area contributed by atoms with Gasteiger partial charge >= 0.3 is 5.97 Å². The van der Waals surface area contributed by atoms with E-state index in [0.29, 0.717) is 13.0 Å². The second-order valence-electron chi connectivity index (χ2n) is 2.51. The normalized spacial score (nSPS) is 12.6. The minimum atomic E-state index is -0.256. The number of methoxy groups -OCH3 is 1. The fourth-order valence-corrected chi connectivity index (χ4v) is 0.636. The van der Waals surface area contributed by atoms with Gasteiger partial charge in [-0.05, 0) is 6.92 Å². The van der Waals surface area contributed by atoms with Gasteiger partial charge in [0.15, 0.2) is 0 Å². The van der Waals surface area contributed by atoms with Crippen molar-refractivity contribution >= 4 is 5.97 Å². The molecule has 0 aliphatic rings. The number of hydrogen-bond acceptors (Lipinski definition) is 4. The highest BCUT2D eigenvalue weighted by atomic mass is 16.7. The Morgan fingerprint density at radius 2 is 2.17 bits per heavy atom. The summed E-state index contributed by atoms with van der Waals surface area (Å²) in [6.45, 7) is 3.98. The number of hydrogen-bond donors (Lipinski definition) is 0. The third kappa shape index (κ3) is 7.50. The Bertz CT molecular complexity index is 124. The monoisotopic (exact) mass is 176 g/mol. The van der Waals surface area contributed by atoms with Crippen LogP contribution >= 0.6 is 0 Å². The Morgan fingerprint density at radius 3 is 2.67 bits per heavy atom. The molecule has 1 atom stereocenters. The van der Waals surface area contributed by atoms with Crippen LogP contribution in [0.5, 0.6) is 0 Å². The fourth-order valence-electron chi connectivity index (χ4n) is 0.636. The van der Waals surface area contributed by atoms with E-state index >= 15 is 0 Å². The smallest absolute Gasteiger partial charge is 0.302 e. The molecule has 4 heteroatoms. The number of carbonyl (C=O) groups is 1. The molecule has 0 heterocycles. The molecular formula is C8H16O4. The van der Waals surface area contributed by atoms with E-state index < -0.39 is 0 Å². The summed E-state index contributed by atoms with van der Waals surface area (Å²) < 4.78 is 14.6. The topological polar surface area (TPSA) is 44.8 Å². The summed E-state index contributed by atoms with van der Waals surface area (Å²) in [6.07, 6.45) is 0.757. The van der Waals surface area contributed by atoms with E-state index in [2.05, 4.69) is 0 Å². The van der Waals surface area contributed by atoms with Crippen LogP contribution in [-0.4, -0.2) is 32.6 Å². The molecule has 0 saturated heterocycles. The van der Waals surface area contributed by atoms with Gasteiger partial charge in [-0.15, -0.1) is 0 Å². The summed E-state index contributed by atoms with van der Waals surface area (Å²) >= 11 is 0. The Balaban J connectivity index is 3.19. The average Bonchev–Trinajstić information content (AvgIpc) is 2.00. The lowest BCUT2D eigenvalue weighted by Gasteiger charge is -2.11. The zero-order valence-electron chi connectivity index (χ0n) is 7.83. The van der Waals surface area contributed by atoms with Gasteiger partial charge in [-0.2, -0.15) is 0 Å². The van der Waals surface area contributed by atoms with Crippen LogP contribution in [0.25, 0.3) is 0 Å². The first kappa shape index (κ1) is 11.4. The third-order valence-electron chi connectivity index (χ3n) is 1.30.